The first-order valence-corrected chi connectivity index (χ1v) is 11.7. The zero-order valence-corrected chi connectivity index (χ0v) is 18.2. The zero-order valence-electron chi connectivity index (χ0n) is 18.2. The number of amides is 1. The number of carbonyl (C=O) groups is 1. The fraction of sp³-hybridized carbons (Fsp3) is 0.500. The minimum atomic E-state index is 0.118. The molecule has 3 aliphatic rings. The van der Waals surface area contributed by atoms with Gasteiger partial charge in [-0.2, -0.15) is 0 Å². The Labute approximate surface area is 185 Å². The summed E-state index contributed by atoms with van der Waals surface area (Å²) in [5.74, 6) is 0.345. The van der Waals surface area contributed by atoms with Gasteiger partial charge in [-0.15, -0.1) is 0 Å². The average Bonchev–Trinajstić information content (AvgIpc) is 3.15. The molecular formula is C26H33N3O2. The molecule has 2 aromatic carbocycles. The van der Waals surface area contributed by atoms with Crippen LogP contribution in [0.4, 0.5) is 0 Å². The molecule has 0 aliphatic carbocycles. The lowest BCUT2D eigenvalue weighted by molar-refractivity contribution is -0.128. The minimum absolute atomic E-state index is 0.118. The fourth-order valence-electron chi connectivity index (χ4n) is 5.40. The van der Waals surface area contributed by atoms with E-state index < -0.39 is 0 Å². The molecule has 2 saturated heterocycles. The lowest BCUT2D eigenvalue weighted by Crippen LogP contribution is -2.42. The Morgan fingerprint density at radius 2 is 1.65 bits per heavy atom. The molecule has 0 aromatic heterocycles. The average molecular weight is 420 g/mol. The van der Waals surface area contributed by atoms with Gasteiger partial charge < -0.3 is 10.1 Å². The van der Waals surface area contributed by atoms with Gasteiger partial charge in [-0.1, -0.05) is 54.6 Å². The van der Waals surface area contributed by atoms with Crippen LogP contribution in [0, 0.1) is 5.92 Å². The lowest BCUT2D eigenvalue weighted by atomic mass is 9.98. The van der Waals surface area contributed by atoms with Crippen LogP contribution in [0.5, 0.6) is 0 Å². The Bertz CT molecular complexity index is 881. The van der Waals surface area contributed by atoms with Gasteiger partial charge in [-0.25, -0.2) is 0 Å². The summed E-state index contributed by atoms with van der Waals surface area (Å²) in [7, 11) is 0. The Morgan fingerprint density at radius 1 is 0.935 bits per heavy atom. The van der Waals surface area contributed by atoms with Crippen LogP contribution in [0.1, 0.15) is 36.0 Å². The van der Waals surface area contributed by atoms with Crippen molar-refractivity contribution in [1.29, 1.82) is 0 Å². The number of nitrogens with one attached hydrogen (secondary N) is 1. The predicted molar refractivity (Wildman–Crippen MR) is 121 cm³/mol. The second-order valence-electron chi connectivity index (χ2n) is 9.34. The molecule has 0 radical (unpaired) electrons. The molecule has 3 heterocycles. The van der Waals surface area contributed by atoms with E-state index in [-0.39, 0.29) is 17.9 Å². The summed E-state index contributed by atoms with van der Waals surface area (Å²) >= 11 is 0. The monoisotopic (exact) mass is 419 g/mol. The molecule has 2 atom stereocenters. The Hall–Kier alpha value is -2.21. The van der Waals surface area contributed by atoms with E-state index in [1.165, 1.54) is 16.7 Å². The van der Waals surface area contributed by atoms with Gasteiger partial charge in [-0.3, -0.25) is 14.6 Å². The van der Waals surface area contributed by atoms with Gasteiger partial charge in [0, 0.05) is 63.9 Å². The van der Waals surface area contributed by atoms with E-state index in [1.54, 1.807) is 0 Å². The third-order valence-electron chi connectivity index (χ3n) is 7.07. The van der Waals surface area contributed by atoms with E-state index in [0.29, 0.717) is 19.3 Å². The van der Waals surface area contributed by atoms with E-state index >= 15 is 0 Å². The summed E-state index contributed by atoms with van der Waals surface area (Å²) in [6.45, 7) is 6.31. The molecular weight excluding hydrogens is 386 g/mol. The fourth-order valence-corrected chi connectivity index (χ4v) is 5.40. The number of benzene rings is 2. The van der Waals surface area contributed by atoms with Crippen LogP contribution in [0.25, 0.3) is 0 Å². The van der Waals surface area contributed by atoms with Gasteiger partial charge in [0.15, 0.2) is 0 Å². The van der Waals surface area contributed by atoms with Gasteiger partial charge in [0.25, 0.3) is 0 Å². The second kappa shape index (κ2) is 9.51. The molecule has 5 nitrogen and oxygen atoms in total. The lowest BCUT2D eigenvalue weighted by Gasteiger charge is -2.34. The Balaban J connectivity index is 1.30. The predicted octanol–water partition coefficient (Wildman–Crippen LogP) is 3.19. The number of hydrogen-bond donors (Lipinski definition) is 1. The summed E-state index contributed by atoms with van der Waals surface area (Å²) in [6, 6.07) is 20.3. The van der Waals surface area contributed by atoms with Crippen molar-refractivity contribution < 1.29 is 9.53 Å². The van der Waals surface area contributed by atoms with Crippen molar-refractivity contribution in [2.75, 3.05) is 26.3 Å². The van der Waals surface area contributed by atoms with Crippen LogP contribution < -0.4 is 5.32 Å². The molecule has 31 heavy (non-hydrogen) atoms. The summed E-state index contributed by atoms with van der Waals surface area (Å²) in [5, 5.41) is 3.38. The number of fused-ring (bicyclic) bond motifs is 2. The number of carbonyl (C=O) groups excluding carboxylic acids is 1. The van der Waals surface area contributed by atoms with Crippen LogP contribution in [0.3, 0.4) is 0 Å². The number of nitrogens with zero attached hydrogens (tertiary/aromatic N) is 2. The molecule has 164 valence electrons. The van der Waals surface area contributed by atoms with E-state index in [2.05, 4.69) is 69.7 Å². The van der Waals surface area contributed by atoms with Gasteiger partial charge in [0.1, 0.15) is 0 Å². The molecule has 2 aromatic rings. The SMILES string of the molecule is O=C(N[C@H]1C[C@H]2CN(Cc3ccccc3)Cc3ccccc3CN2C1)C1CCOCC1. The smallest absolute Gasteiger partial charge is 0.223 e. The van der Waals surface area contributed by atoms with Gasteiger partial charge in [-0.05, 0) is 36.0 Å². The first-order valence-electron chi connectivity index (χ1n) is 11.7. The van der Waals surface area contributed by atoms with Crippen LogP contribution in [-0.4, -0.2) is 54.1 Å². The number of ether oxygens (including phenoxy) is 1. The largest absolute Gasteiger partial charge is 0.381 e. The standard InChI is InChI=1S/C26H33N3O2/c30-26(21-10-12-31-13-11-21)27-24-14-25-19-28(15-20-6-2-1-3-7-20)16-22-8-4-5-9-23(22)17-29(25)18-24/h1-9,21,24-25H,10-19H2,(H,27,30)/t24-,25-/m0/s1. The maximum absolute atomic E-state index is 12.8. The second-order valence-corrected chi connectivity index (χ2v) is 9.34. The molecule has 3 aliphatic heterocycles. The van der Waals surface area contributed by atoms with E-state index in [1.807, 2.05) is 0 Å². The molecule has 5 heteroatoms. The van der Waals surface area contributed by atoms with Crippen LogP contribution in [0.2, 0.25) is 0 Å². The molecule has 2 fully saturated rings. The van der Waals surface area contributed by atoms with Crippen molar-refractivity contribution in [3.05, 3.63) is 71.3 Å². The summed E-state index contributed by atoms with van der Waals surface area (Å²) in [6.07, 6.45) is 2.73. The first-order chi connectivity index (χ1) is 15.2. The third kappa shape index (κ3) is 5.00. The van der Waals surface area contributed by atoms with Gasteiger partial charge in [0.2, 0.25) is 5.91 Å². The normalized spacial score (nSPS) is 25.3. The maximum atomic E-state index is 12.8. The number of rotatable bonds is 4. The summed E-state index contributed by atoms with van der Waals surface area (Å²) < 4.78 is 5.42. The quantitative estimate of drug-likeness (QED) is 0.827. The van der Waals surface area contributed by atoms with E-state index in [0.717, 1.165) is 52.0 Å². The van der Waals surface area contributed by atoms with Crippen LogP contribution in [0.15, 0.2) is 54.6 Å². The van der Waals surface area contributed by atoms with E-state index in [4.69, 9.17) is 4.74 Å². The van der Waals surface area contributed by atoms with Crippen molar-refractivity contribution >= 4 is 5.91 Å². The van der Waals surface area contributed by atoms with Crippen molar-refractivity contribution in [3.63, 3.8) is 0 Å². The highest BCUT2D eigenvalue weighted by atomic mass is 16.5. The third-order valence-corrected chi connectivity index (χ3v) is 7.07. The van der Waals surface area contributed by atoms with Crippen molar-refractivity contribution in [1.82, 2.24) is 15.1 Å². The summed E-state index contributed by atoms with van der Waals surface area (Å²) in [5.41, 5.74) is 4.20. The molecule has 0 spiro atoms. The summed E-state index contributed by atoms with van der Waals surface area (Å²) in [4.78, 5) is 18.0. The van der Waals surface area contributed by atoms with E-state index in [9.17, 15) is 4.79 Å². The highest BCUT2D eigenvalue weighted by molar-refractivity contribution is 5.79. The maximum Gasteiger partial charge on any atom is 0.223 e. The molecule has 1 amide bonds. The number of hydrogen-bond acceptors (Lipinski definition) is 4. The van der Waals surface area contributed by atoms with Crippen LogP contribution >= 0.6 is 0 Å². The molecule has 0 bridgehead atoms. The molecule has 1 N–H and O–H groups in total. The van der Waals surface area contributed by atoms with Crippen molar-refractivity contribution in [2.24, 2.45) is 5.92 Å². The molecule has 0 unspecified atom stereocenters. The zero-order chi connectivity index (χ0) is 21.0. The molecule has 5 rings (SSSR count). The Morgan fingerprint density at radius 3 is 2.42 bits per heavy atom. The van der Waals surface area contributed by atoms with Gasteiger partial charge in [0.05, 0.1) is 0 Å². The van der Waals surface area contributed by atoms with Gasteiger partial charge >= 0.3 is 0 Å². The first kappa shape index (κ1) is 20.7. The molecule has 0 saturated carbocycles. The van der Waals surface area contributed by atoms with Crippen molar-refractivity contribution in [3.8, 4) is 0 Å². The highest BCUT2D eigenvalue weighted by Gasteiger charge is 2.36. The van der Waals surface area contributed by atoms with Crippen LogP contribution in [-0.2, 0) is 29.2 Å². The Kier molecular flexibility index (Phi) is 6.35. The highest BCUT2D eigenvalue weighted by Crippen LogP contribution is 2.28. The minimum Gasteiger partial charge on any atom is -0.381 e. The van der Waals surface area contributed by atoms with Crippen molar-refractivity contribution in [2.45, 2.75) is 51.0 Å². The topological polar surface area (TPSA) is 44.8 Å².